The van der Waals surface area contributed by atoms with Crippen molar-refractivity contribution in [1.29, 1.82) is 0 Å². The summed E-state index contributed by atoms with van der Waals surface area (Å²) in [7, 11) is 0. The predicted octanol–water partition coefficient (Wildman–Crippen LogP) is 3.08. The van der Waals surface area contributed by atoms with Crippen LogP contribution in [0.2, 0.25) is 0 Å². The number of nitrogen functional groups attached to an aromatic ring is 1. The Labute approximate surface area is 165 Å². The fourth-order valence-corrected chi connectivity index (χ4v) is 4.52. The minimum Gasteiger partial charge on any atom is -0.382 e. The van der Waals surface area contributed by atoms with Crippen molar-refractivity contribution in [3.63, 3.8) is 0 Å². The second-order valence-electron chi connectivity index (χ2n) is 10.1. The Hall–Kier alpha value is -1.77. The highest BCUT2D eigenvalue weighted by atomic mass is 16.6. The van der Waals surface area contributed by atoms with E-state index < -0.39 is 5.60 Å². The van der Waals surface area contributed by atoms with E-state index in [2.05, 4.69) is 56.5 Å². The van der Waals surface area contributed by atoms with Gasteiger partial charge < -0.3 is 19.9 Å². The average Bonchev–Trinajstić information content (AvgIpc) is 3.02. The molecule has 0 saturated carbocycles. The molecule has 2 aromatic heterocycles. The first-order chi connectivity index (χ1) is 13.0. The molecule has 2 N–H and O–H groups in total. The van der Waals surface area contributed by atoms with Crippen molar-refractivity contribution < 1.29 is 14.2 Å². The van der Waals surface area contributed by atoms with Crippen molar-refractivity contribution in [3.05, 3.63) is 12.7 Å². The summed E-state index contributed by atoms with van der Waals surface area (Å²) in [5, 5.41) is 0. The monoisotopic (exact) mass is 389 g/mol. The van der Waals surface area contributed by atoms with Crippen LogP contribution < -0.4 is 5.73 Å². The molecule has 8 heteroatoms. The molecule has 4 atom stereocenters. The van der Waals surface area contributed by atoms with Gasteiger partial charge in [0.1, 0.15) is 29.7 Å². The molecule has 8 nitrogen and oxygen atoms in total. The topological polar surface area (TPSA) is 97.3 Å². The van der Waals surface area contributed by atoms with E-state index in [-0.39, 0.29) is 29.5 Å². The summed E-state index contributed by atoms with van der Waals surface area (Å²) >= 11 is 0. The molecule has 2 unspecified atom stereocenters. The van der Waals surface area contributed by atoms with Gasteiger partial charge in [-0.3, -0.25) is 4.57 Å². The van der Waals surface area contributed by atoms with Crippen molar-refractivity contribution in [1.82, 2.24) is 19.5 Å². The highest BCUT2D eigenvalue weighted by Crippen LogP contribution is 2.52. The van der Waals surface area contributed by atoms with Crippen molar-refractivity contribution in [2.45, 2.75) is 84.0 Å². The van der Waals surface area contributed by atoms with Crippen molar-refractivity contribution in [2.24, 2.45) is 5.41 Å². The van der Waals surface area contributed by atoms with Crippen LogP contribution in [0.4, 0.5) is 5.82 Å². The van der Waals surface area contributed by atoms with Gasteiger partial charge in [0.2, 0.25) is 0 Å². The van der Waals surface area contributed by atoms with Crippen LogP contribution in [0.5, 0.6) is 0 Å². The van der Waals surface area contributed by atoms with E-state index in [9.17, 15) is 0 Å². The van der Waals surface area contributed by atoms with Gasteiger partial charge in [0.15, 0.2) is 17.7 Å². The van der Waals surface area contributed by atoms with Gasteiger partial charge in [-0.2, -0.15) is 0 Å². The molecule has 2 bridgehead atoms. The summed E-state index contributed by atoms with van der Waals surface area (Å²) in [6.07, 6.45) is 4.03. The Kier molecular flexibility index (Phi) is 4.44. The minimum atomic E-state index is -0.422. The van der Waals surface area contributed by atoms with E-state index in [4.69, 9.17) is 19.9 Å². The third kappa shape index (κ3) is 3.38. The molecule has 0 aromatic carbocycles. The minimum absolute atomic E-state index is 0.0832. The SMILES string of the molecule is CC(C)(C)C[C@]12CCOC(C1OC(C)(C)C)[C@H](n1cnc3c(N)ncnc31)O2. The molecule has 2 saturated heterocycles. The third-order valence-corrected chi connectivity index (χ3v) is 5.26. The van der Waals surface area contributed by atoms with Crippen LogP contribution in [-0.4, -0.2) is 49.5 Å². The summed E-state index contributed by atoms with van der Waals surface area (Å²) in [5.41, 5.74) is 6.54. The van der Waals surface area contributed by atoms with Crippen LogP contribution in [0.1, 0.15) is 60.6 Å². The van der Waals surface area contributed by atoms with Crippen molar-refractivity contribution >= 4 is 17.0 Å². The highest BCUT2D eigenvalue weighted by Gasteiger charge is 2.61. The van der Waals surface area contributed by atoms with Crippen LogP contribution in [-0.2, 0) is 14.2 Å². The molecule has 28 heavy (non-hydrogen) atoms. The van der Waals surface area contributed by atoms with Gasteiger partial charge in [-0.05, 0) is 32.6 Å². The Morgan fingerprint density at radius 3 is 2.64 bits per heavy atom. The molecule has 2 aliphatic heterocycles. The lowest BCUT2D eigenvalue weighted by atomic mass is 9.76. The fourth-order valence-electron chi connectivity index (χ4n) is 4.52. The summed E-state index contributed by atoms with van der Waals surface area (Å²) < 4.78 is 21.4. The van der Waals surface area contributed by atoms with Crippen LogP contribution in [0, 0.1) is 5.41 Å². The molecule has 4 heterocycles. The van der Waals surface area contributed by atoms with Gasteiger partial charge in [0.25, 0.3) is 0 Å². The zero-order valence-corrected chi connectivity index (χ0v) is 17.6. The molecule has 2 fully saturated rings. The van der Waals surface area contributed by atoms with Crippen LogP contribution in [0.25, 0.3) is 11.2 Å². The third-order valence-electron chi connectivity index (χ3n) is 5.26. The predicted molar refractivity (Wildman–Crippen MR) is 106 cm³/mol. The van der Waals surface area contributed by atoms with Crippen LogP contribution >= 0.6 is 0 Å². The second-order valence-corrected chi connectivity index (χ2v) is 10.1. The number of nitrogens with two attached hydrogens (primary N) is 1. The number of hydrogen-bond acceptors (Lipinski definition) is 7. The summed E-state index contributed by atoms with van der Waals surface area (Å²) in [6.45, 7) is 13.6. The molecule has 2 aliphatic rings. The maximum Gasteiger partial charge on any atom is 0.167 e. The normalized spacial score (nSPS) is 30.9. The number of aromatic nitrogens is 4. The lowest BCUT2D eigenvalue weighted by Crippen LogP contribution is -2.54. The number of ether oxygens (including phenoxy) is 3. The lowest BCUT2D eigenvalue weighted by molar-refractivity contribution is -0.195. The first-order valence-electron chi connectivity index (χ1n) is 9.89. The van der Waals surface area contributed by atoms with Gasteiger partial charge in [-0.15, -0.1) is 0 Å². The van der Waals surface area contributed by atoms with Crippen molar-refractivity contribution in [3.8, 4) is 0 Å². The van der Waals surface area contributed by atoms with Crippen LogP contribution in [0.15, 0.2) is 12.7 Å². The largest absolute Gasteiger partial charge is 0.382 e. The van der Waals surface area contributed by atoms with Gasteiger partial charge in [0, 0.05) is 6.42 Å². The fraction of sp³-hybridized carbons (Fsp3) is 0.750. The molecule has 0 radical (unpaired) electrons. The molecule has 154 valence electrons. The number of rotatable bonds is 3. The Morgan fingerprint density at radius 1 is 1.21 bits per heavy atom. The number of fused-ring (bicyclic) bond motifs is 3. The maximum absolute atomic E-state index is 6.77. The Bertz CT molecular complexity index is 869. The highest BCUT2D eigenvalue weighted by molar-refractivity contribution is 5.81. The molecule has 4 rings (SSSR count). The van der Waals surface area contributed by atoms with E-state index in [0.29, 0.717) is 23.6 Å². The smallest absolute Gasteiger partial charge is 0.167 e. The van der Waals surface area contributed by atoms with E-state index >= 15 is 0 Å². The first-order valence-corrected chi connectivity index (χ1v) is 9.89. The van der Waals surface area contributed by atoms with Crippen molar-refractivity contribution in [2.75, 3.05) is 12.3 Å². The number of anilines is 1. The molecular formula is C20H31N5O3. The average molecular weight is 390 g/mol. The summed E-state index contributed by atoms with van der Waals surface area (Å²) in [6, 6.07) is 0. The van der Waals surface area contributed by atoms with E-state index in [0.717, 1.165) is 12.8 Å². The zero-order chi connectivity index (χ0) is 20.3. The Balaban J connectivity index is 1.78. The summed E-state index contributed by atoms with van der Waals surface area (Å²) in [4.78, 5) is 12.8. The van der Waals surface area contributed by atoms with Gasteiger partial charge in [-0.25, -0.2) is 15.0 Å². The van der Waals surface area contributed by atoms with Crippen LogP contribution in [0.3, 0.4) is 0 Å². The molecular weight excluding hydrogens is 358 g/mol. The van der Waals surface area contributed by atoms with E-state index in [1.807, 2.05) is 4.57 Å². The molecule has 0 amide bonds. The number of nitrogens with zero attached hydrogens (tertiary/aromatic N) is 4. The number of hydrogen-bond donors (Lipinski definition) is 1. The summed E-state index contributed by atoms with van der Waals surface area (Å²) in [5.74, 6) is 0.359. The quantitative estimate of drug-likeness (QED) is 0.861. The first kappa shape index (κ1) is 19.5. The van der Waals surface area contributed by atoms with E-state index in [1.54, 1.807) is 6.33 Å². The molecule has 2 aromatic rings. The van der Waals surface area contributed by atoms with Gasteiger partial charge >= 0.3 is 0 Å². The second kappa shape index (κ2) is 6.37. The maximum atomic E-state index is 6.77. The van der Waals surface area contributed by atoms with Gasteiger partial charge in [0.05, 0.1) is 18.5 Å². The molecule has 0 aliphatic carbocycles. The van der Waals surface area contributed by atoms with Gasteiger partial charge in [-0.1, -0.05) is 20.8 Å². The van der Waals surface area contributed by atoms with E-state index in [1.165, 1.54) is 6.33 Å². The standard InChI is InChI=1S/C20H31N5O3/c1-18(2,3)9-20-7-8-26-13(14(20)27-19(4,5)6)17(28-20)25-11-24-12-15(21)22-10-23-16(12)25/h10-11,13-14,17H,7-9H2,1-6H3,(H2,21,22,23)/t13?,14?,17-,20-/m1/s1. The number of imidazole rings is 1. The Morgan fingerprint density at radius 2 is 1.96 bits per heavy atom. The lowest BCUT2D eigenvalue weighted by Gasteiger charge is -2.44. The zero-order valence-electron chi connectivity index (χ0n) is 17.6. The molecule has 0 spiro atoms.